The third kappa shape index (κ3) is 3.99. The van der Waals surface area contributed by atoms with Crippen molar-refractivity contribution in [3.05, 3.63) is 78.1 Å². The first-order chi connectivity index (χ1) is 14.5. The van der Waals surface area contributed by atoms with E-state index in [2.05, 4.69) is 9.71 Å². The van der Waals surface area contributed by atoms with Gasteiger partial charge in [-0.05, 0) is 73.0 Å². The largest absolute Gasteiger partial charge is 0.497 e. The summed E-state index contributed by atoms with van der Waals surface area (Å²) in [6.45, 7) is 0.609. The van der Waals surface area contributed by atoms with Gasteiger partial charge in [0.25, 0.3) is 15.9 Å². The Balaban J connectivity index is 1.58. The van der Waals surface area contributed by atoms with E-state index < -0.39 is 10.0 Å². The fraction of sp³-hybridized carbons (Fsp3) is 0.182. The van der Waals surface area contributed by atoms with Crippen molar-refractivity contribution in [1.82, 2.24) is 4.98 Å². The quantitative estimate of drug-likeness (QED) is 0.679. The molecule has 0 radical (unpaired) electrons. The number of carbonyl (C=O) groups excluding carboxylic acids is 1. The van der Waals surface area contributed by atoms with Gasteiger partial charge in [-0.3, -0.25) is 14.5 Å². The van der Waals surface area contributed by atoms with Gasteiger partial charge in [-0.2, -0.15) is 0 Å². The zero-order valence-corrected chi connectivity index (χ0v) is 17.2. The predicted octanol–water partition coefficient (Wildman–Crippen LogP) is 3.48. The number of nitrogens with zero attached hydrogens (tertiary/aromatic N) is 2. The molecule has 1 aliphatic heterocycles. The minimum Gasteiger partial charge on any atom is -0.497 e. The molecule has 0 saturated carbocycles. The molecule has 30 heavy (non-hydrogen) atoms. The lowest BCUT2D eigenvalue weighted by atomic mass is 10.0. The van der Waals surface area contributed by atoms with Crippen LogP contribution in [0.4, 0.5) is 11.4 Å². The number of anilines is 2. The van der Waals surface area contributed by atoms with E-state index in [4.69, 9.17) is 4.74 Å². The number of ether oxygens (including phenoxy) is 1. The van der Waals surface area contributed by atoms with E-state index in [0.29, 0.717) is 23.5 Å². The van der Waals surface area contributed by atoms with Crippen LogP contribution in [-0.2, 0) is 16.4 Å². The summed E-state index contributed by atoms with van der Waals surface area (Å²) in [5.41, 5.74) is 2.70. The van der Waals surface area contributed by atoms with Gasteiger partial charge in [0, 0.05) is 30.3 Å². The summed E-state index contributed by atoms with van der Waals surface area (Å²) in [7, 11) is -2.21. The van der Waals surface area contributed by atoms with Crippen LogP contribution in [0.15, 0.2) is 71.9 Å². The van der Waals surface area contributed by atoms with Gasteiger partial charge < -0.3 is 9.64 Å². The van der Waals surface area contributed by atoms with Crippen LogP contribution in [0.25, 0.3) is 0 Å². The maximum Gasteiger partial charge on any atom is 0.261 e. The highest BCUT2D eigenvalue weighted by atomic mass is 32.2. The zero-order chi connectivity index (χ0) is 21.1. The lowest BCUT2D eigenvalue weighted by Crippen LogP contribution is -2.35. The maximum atomic E-state index is 12.9. The monoisotopic (exact) mass is 423 g/mol. The Bertz CT molecular complexity index is 1160. The zero-order valence-electron chi connectivity index (χ0n) is 16.4. The van der Waals surface area contributed by atoms with Crippen LogP contribution < -0.4 is 14.4 Å². The number of aromatic nitrogens is 1. The molecule has 0 fully saturated rings. The molecule has 2 heterocycles. The Kier molecular flexibility index (Phi) is 5.41. The molecule has 0 bridgehead atoms. The lowest BCUT2D eigenvalue weighted by Gasteiger charge is -2.30. The van der Waals surface area contributed by atoms with Gasteiger partial charge in [-0.25, -0.2) is 8.42 Å². The summed E-state index contributed by atoms with van der Waals surface area (Å²) >= 11 is 0. The number of pyridine rings is 1. The number of fused-ring (bicyclic) bond motifs is 1. The molecule has 0 spiro atoms. The Morgan fingerprint density at radius 1 is 1.13 bits per heavy atom. The molecule has 8 heteroatoms. The number of sulfonamides is 1. The molecule has 3 aromatic rings. The van der Waals surface area contributed by atoms with Gasteiger partial charge in [0.2, 0.25) is 0 Å². The molecule has 154 valence electrons. The molecular weight excluding hydrogens is 402 g/mol. The van der Waals surface area contributed by atoms with Gasteiger partial charge in [-0.15, -0.1) is 0 Å². The first-order valence-electron chi connectivity index (χ1n) is 9.49. The van der Waals surface area contributed by atoms with Crippen LogP contribution in [0.1, 0.15) is 22.3 Å². The van der Waals surface area contributed by atoms with Crippen molar-refractivity contribution >= 4 is 27.3 Å². The van der Waals surface area contributed by atoms with Crippen molar-refractivity contribution in [2.24, 2.45) is 0 Å². The fourth-order valence-electron chi connectivity index (χ4n) is 3.49. The number of methoxy groups -OCH3 is 1. The smallest absolute Gasteiger partial charge is 0.261 e. The van der Waals surface area contributed by atoms with E-state index >= 15 is 0 Å². The molecule has 0 aliphatic carbocycles. The van der Waals surface area contributed by atoms with Gasteiger partial charge in [-0.1, -0.05) is 0 Å². The fourth-order valence-corrected chi connectivity index (χ4v) is 4.54. The normalized spacial score (nSPS) is 13.4. The molecule has 7 nitrogen and oxygen atoms in total. The van der Waals surface area contributed by atoms with Crippen LogP contribution in [0, 0.1) is 0 Å². The molecule has 1 aromatic heterocycles. The third-order valence-electron chi connectivity index (χ3n) is 4.97. The van der Waals surface area contributed by atoms with Crippen molar-refractivity contribution in [3.8, 4) is 5.75 Å². The minimum atomic E-state index is -3.73. The molecule has 4 rings (SSSR count). The van der Waals surface area contributed by atoms with E-state index in [1.807, 2.05) is 0 Å². The molecule has 0 saturated heterocycles. The SMILES string of the molecule is COc1ccc(S(=O)(=O)Nc2ccc3c(c2)CCCN3C(=O)c2cccnc2)cc1. The van der Waals surface area contributed by atoms with Crippen LogP contribution in [0.3, 0.4) is 0 Å². The van der Waals surface area contributed by atoms with E-state index in [-0.39, 0.29) is 10.8 Å². The standard InChI is InChI=1S/C22H21N3O4S/c1-29-19-7-9-20(10-8-19)30(27,28)24-18-6-11-21-16(14-18)5-3-13-25(21)22(26)17-4-2-12-23-15-17/h2,4,6-12,14-15,24H,3,5,13H2,1H3. The number of aryl methyl sites for hydroxylation is 1. The maximum absolute atomic E-state index is 12.9. The van der Waals surface area contributed by atoms with Crippen LogP contribution in [0.2, 0.25) is 0 Å². The lowest BCUT2D eigenvalue weighted by molar-refractivity contribution is 0.0984. The van der Waals surface area contributed by atoms with Crippen molar-refractivity contribution in [1.29, 1.82) is 0 Å². The molecule has 0 atom stereocenters. The number of hydrogen-bond acceptors (Lipinski definition) is 5. The number of amides is 1. The second-order valence-electron chi connectivity index (χ2n) is 6.93. The number of hydrogen-bond donors (Lipinski definition) is 1. The summed E-state index contributed by atoms with van der Waals surface area (Å²) < 4.78 is 33.1. The average Bonchev–Trinajstić information content (AvgIpc) is 2.78. The summed E-state index contributed by atoms with van der Waals surface area (Å²) in [6.07, 6.45) is 4.74. The third-order valence-corrected chi connectivity index (χ3v) is 6.37. The highest BCUT2D eigenvalue weighted by Gasteiger charge is 2.24. The molecule has 1 amide bonds. The van der Waals surface area contributed by atoms with Crippen molar-refractivity contribution < 1.29 is 17.9 Å². The number of carbonyl (C=O) groups is 1. The van der Waals surface area contributed by atoms with Crippen molar-refractivity contribution in [2.75, 3.05) is 23.3 Å². The number of benzene rings is 2. The Hall–Kier alpha value is -3.39. The first kappa shape index (κ1) is 19.9. The van der Waals surface area contributed by atoms with E-state index in [1.54, 1.807) is 59.8 Å². The Morgan fingerprint density at radius 3 is 2.63 bits per heavy atom. The Labute approximate surface area is 175 Å². The van der Waals surface area contributed by atoms with Gasteiger partial charge in [0.05, 0.1) is 17.6 Å². The average molecular weight is 423 g/mol. The topological polar surface area (TPSA) is 88.6 Å². The van der Waals surface area contributed by atoms with Gasteiger partial charge in [0.15, 0.2) is 0 Å². The van der Waals surface area contributed by atoms with Crippen molar-refractivity contribution in [2.45, 2.75) is 17.7 Å². The minimum absolute atomic E-state index is 0.115. The number of rotatable bonds is 5. The molecule has 1 aliphatic rings. The first-order valence-corrected chi connectivity index (χ1v) is 11.0. The van der Waals surface area contributed by atoms with Crippen LogP contribution >= 0.6 is 0 Å². The summed E-state index contributed by atoms with van der Waals surface area (Å²) in [4.78, 5) is 18.8. The van der Waals surface area contributed by atoms with E-state index in [1.165, 1.54) is 19.2 Å². The highest BCUT2D eigenvalue weighted by molar-refractivity contribution is 7.92. The second kappa shape index (κ2) is 8.16. The van der Waals surface area contributed by atoms with Crippen LogP contribution in [0.5, 0.6) is 5.75 Å². The Morgan fingerprint density at radius 2 is 1.93 bits per heavy atom. The van der Waals surface area contributed by atoms with Gasteiger partial charge >= 0.3 is 0 Å². The summed E-state index contributed by atoms with van der Waals surface area (Å²) in [5, 5.41) is 0. The van der Waals surface area contributed by atoms with Gasteiger partial charge in [0.1, 0.15) is 5.75 Å². The molecular formula is C22H21N3O4S. The number of nitrogens with one attached hydrogen (secondary N) is 1. The predicted molar refractivity (Wildman–Crippen MR) is 114 cm³/mol. The highest BCUT2D eigenvalue weighted by Crippen LogP contribution is 2.31. The summed E-state index contributed by atoms with van der Waals surface area (Å²) in [6, 6.07) is 14.9. The molecule has 0 unspecified atom stereocenters. The summed E-state index contributed by atoms with van der Waals surface area (Å²) in [5.74, 6) is 0.469. The molecule has 2 aromatic carbocycles. The van der Waals surface area contributed by atoms with Crippen molar-refractivity contribution in [3.63, 3.8) is 0 Å². The molecule has 1 N–H and O–H groups in total. The van der Waals surface area contributed by atoms with E-state index in [0.717, 1.165) is 24.1 Å². The second-order valence-corrected chi connectivity index (χ2v) is 8.61. The van der Waals surface area contributed by atoms with Crippen LogP contribution in [-0.4, -0.2) is 33.0 Å². The van der Waals surface area contributed by atoms with E-state index in [9.17, 15) is 13.2 Å².